The summed E-state index contributed by atoms with van der Waals surface area (Å²) >= 11 is 1.83. The van der Waals surface area contributed by atoms with Crippen molar-refractivity contribution in [1.29, 1.82) is 0 Å². The van der Waals surface area contributed by atoms with Gasteiger partial charge in [-0.2, -0.15) is 5.10 Å². The number of piperidine rings is 1. The largest absolute Gasteiger partial charge is 0.319 e. The van der Waals surface area contributed by atoms with Gasteiger partial charge >= 0.3 is 0 Å². The second kappa shape index (κ2) is 9.18. The fraction of sp³-hybridized carbons (Fsp3) is 0.478. The predicted molar refractivity (Wildman–Crippen MR) is 128 cm³/mol. The minimum Gasteiger partial charge on any atom is -0.319 e. The average Bonchev–Trinajstić information content (AvgIpc) is 3.39. The lowest BCUT2D eigenvalue weighted by atomic mass is 9.99. The number of hydrogen-bond donors (Lipinski definition) is 1. The number of amides is 1. The van der Waals surface area contributed by atoms with E-state index < -0.39 is 0 Å². The average molecular weight is 469 g/mol. The van der Waals surface area contributed by atoms with Crippen LogP contribution in [0.2, 0.25) is 0 Å². The second-order valence-electron chi connectivity index (χ2n) is 8.79. The Morgan fingerprint density at radius 1 is 1.27 bits per heavy atom. The van der Waals surface area contributed by atoms with Crippen molar-refractivity contribution in [3.05, 3.63) is 56.7 Å². The van der Waals surface area contributed by atoms with Crippen molar-refractivity contribution in [2.24, 2.45) is 11.0 Å². The molecule has 0 radical (unpaired) electrons. The van der Waals surface area contributed by atoms with Crippen LogP contribution in [0.3, 0.4) is 0 Å². The SMILES string of the molecule is CN(N=CN1C(c2ccc([N+](=O)[O-])cc2)=CN2C3=C(CCCC3)SC12)C(=O)C1CCCNC1. The van der Waals surface area contributed by atoms with Gasteiger partial charge in [0, 0.05) is 48.1 Å². The monoisotopic (exact) mass is 468 g/mol. The van der Waals surface area contributed by atoms with Gasteiger partial charge in [-0.1, -0.05) is 11.8 Å². The van der Waals surface area contributed by atoms with Crippen molar-refractivity contribution in [1.82, 2.24) is 20.1 Å². The van der Waals surface area contributed by atoms with Gasteiger partial charge in [-0.3, -0.25) is 19.8 Å². The lowest BCUT2D eigenvalue weighted by molar-refractivity contribution is -0.384. The van der Waals surface area contributed by atoms with E-state index in [9.17, 15) is 14.9 Å². The van der Waals surface area contributed by atoms with Gasteiger partial charge in [-0.15, -0.1) is 0 Å². The quantitative estimate of drug-likeness (QED) is 0.305. The summed E-state index contributed by atoms with van der Waals surface area (Å²) in [7, 11) is 1.71. The van der Waals surface area contributed by atoms with Gasteiger partial charge in [-0.05, 0) is 57.2 Å². The molecule has 0 saturated carbocycles. The number of thioether (sulfide) groups is 1. The van der Waals surface area contributed by atoms with E-state index in [-0.39, 0.29) is 27.9 Å². The van der Waals surface area contributed by atoms with Gasteiger partial charge in [0.05, 0.1) is 16.5 Å². The summed E-state index contributed by atoms with van der Waals surface area (Å²) in [5, 5.41) is 20.3. The molecule has 1 saturated heterocycles. The zero-order valence-electron chi connectivity index (χ0n) is 18.6. The van der Waals surface area contributed by atoms with E-state index in [1.165, 1.54) is 40.6 Å². The molecule has 1 aromatic carbocycles. The van der Waals surface area contributed by atoms with Gasteiger partial charge < -0.3 is 10.2 Å². The molecule has 1 amide bonds. The molecule has 0 bridgehead atoms. The Bertz CT molecular complexity index is 1030. The number of rotatable bonds is 5. The van der Waals surface area contributed by atoms with Crippen LogP contribution in [0, 0.1) is 16.0 Å². The minimum absolute atomic E-state index is 0.0156. The molecule has 1 aliphatic carbocycles. The van der Waals surface area contributed by atoms with E-state index in [4.69, 9.17) is 0 Å². The standard InChI is InChI=1S/C23H28N6O3S/c1-26(22(30)17-5-4-12-24-13-17)25-15-28-20(16-8-10-18(11-9-16)29(31)32)14-27-19-6-2-3-7-21(19)33-23(27)28/h8-11,14-15,17,23-24H,2-7,12-13H2,1H3. The van der Waals surface area contributed by atoms with E-state index >= 15 is 0 Å². The first kappa shape index (κ1) is 22.0. The predicted octanol–water partition coefficient (Wildman–Crippen LogP) is 3.73. The summed E-state index contributed by atoms with van der Waals surface area (Å²) in [6, 6.07) is 6.60. The minimum atomic E-state index is -0.389. The van der Waals surface area contributed by atoms with Crippen LogP contribution in [0.15, 0.2) is 46.2 Å². The summed E-state index contributed by atoms with van der Waals surface area (Å²) in [4.78, 5) is 29.3. The summed E-state index contributed by atoms with van der Waals surface area (Å²) in [6.45, 7) is 1.65. The molecule has 10 heteroatoms. The zero-order chi connectivity index (χ0) is 22.9. The number of nitrogens with one attached hydrogen (secondary N) is 1. The molecule has 1 fully saturated rings. The van der Waals surface area contributed by atoms with Crippen LogP contribution in [-0.2, 0) is 4.79 Å². The first-order valence-electron chi connectivity index (χ1n) is 11.5. The highest BCUT2D eigenvalue weighted by Crippen LogP contribution is 2.51. The van der Waals surface area contributed by atoms with Gasteiger partial charge in [0.25, 0.3) is 5.69 Å². The molecule has 0 spiro atoms. The van der Waals surface area contributed by atoms with E-state index in [0.717, 1.165) is 43.5 Å². The number of allylic oxidation sites excluding steroid dienone is 2. The fourth-order valence-corrected chi connectivity index (χ4v) is 6.29. The third-order valence-electron chi connectivity index (χ3n) is 6.65. The molecule has 4 aliphatic rings. The normalized spacial score (nSPS) is 24.7. The molecule has 1 N–H and O–H groups in total. The fourth-order valence-electron chi connectivity index (χ4n) is 4.84. The molecule has 9 nitrogen and oxygen atoms in total. The summed E-state index contributed by atoms with van der Waals surface area (Å²) in [5.74, 6) is -0.0256. The molecule has 0 aromatic heterocycles. The number of nitrogens with zero attached hydrogens (tertiary/aromatic N) is 5. The Balaban J connectivity index is 1.41. The molecule has 3 heterocycles. The maximum atomic E-state index is 12.8. The van der Waals surface area contributed by atoms with Crippen molar-refractivity contribution in [2.45, 2.75) is 44.0 Å². The van der Waals surface area contributed by atoms with E-state index in [1.807, 2.05) is 11.8 Å². The first-order chi connectivity index (χ1) is 16.0. The van der Waals surface area contributed by atoms with E-state index in [1.54, 1.807) is 25.5 Å². The van der Waals surface area contributed by atoms with Crippen LogP contribution in [0.4, 0.5) is 5.69 Å². The molecule has 174 valence electrons. The molecule has 3 aliphatic heterocycles. The topological polar surface area (TPSA) is 94.3 Å². The van der Waals surface area contributed by atoms with Gasteiger partial charge in [0.15, 0.2) is 5.50 Å². The number of benzene rings is 1. The third-order valence-corrected chi connectivity index (χ3v) is 8.04. The molecule has 2 unspecified atom stereocenters. The van der Waals surface area contributed by atoms with Gasteiger partial charge in [0.2, 0.25) is 5.91 Å². The van der Waals surface area contributed by atoms with Crippen molar-refractivity contribution in [3.63, 3.8) is 0 Å². The Morgan fingerprint density at radius 2 is 2.06 bits per heavy atom. The number of hydrogen-bond acceptors (Lipinski definition) is 7. The lowest BCUT2D eigenvalue weighted by Gasteiger charge is -2.28. The number of nitro benzene ring substituents is 1. The highest BCUT2D eigenvalue weighted by atomic mass is 32.2. The number of carbonyl (C=O) groups is 1. The Morgan fingerprint density at radius 3 is 2.79 bits per heavy atom. The van der Waals surface area contributed by atoms with Crippen LogP contribution in [0.25, 0.3) is 5.70 Å². The number of hydrazone groups is 1. The van der Waals surface area contributed by atoms with Crippen molar-refractivity contribution in [3.8, 4) is 0 Å². The summed E-state index contributed by atoms with van der Waals surface area (Å²) < 4.78 is 0. The van der Waals surface area contributed by atoms with Crippen LogP contribution < -0.4 is 5.32 Å². The number of non-ortho nitro benzene ring substituents is 1. The Kier molecular flexibility index (Phi) is 6.11. The molecule has 1 aromatic rings. The van der Waals surface area contributed by atoms with Crippen molar-refractivity contribution < 1.29 is 9.72 Å². The molecule has 2 atom stereocenters. The lowest BCUT2D eigenvalue weighted by Crippen LogP contribution is -2.40. The van der Waals surface area contributed by atoms with E-state index in [2.05, 4.69) is 26.4 Å². The summed E-state index contributed by atoms with van der Waals surface area (Å²) in [5.41, 5.74) is 3.25. The molecular formula is C23H28N6O3S. The zero-order valence-corrected chi connectivity index (χ0v) is 19.5. The number of fused-ring (bicyclic) bond motifs is 2. The Labute approximate surface area is 197 Å². The maximum absolute atomic E-state index is 12.8. The smallest absolute Gasteiger partial charge is 0.269 e. The molecule has 33 heavy (non-hydrogen) atoms. The van der Waals surface area contributed by atoms with Gasteiger partial charge in [0.1, 0.15) is 6.34 Å². The highest BCUT2D eigenvalue weighted by molar-refractivity contribution is 8.03. The molecular weight excluding hydrogens is 440 g/mol. The maximum Gasteiger partial charge on any atom is 0.269 e. The van der Waals surface area contributed by atoms with Crippen LogP contribution in [0.5, 0.6) is 0 Å². The Hall–Kier alpha value is -2.85. The van der Waals surface area contributed by atoms with Gasteiger partial charge in [-0.25, -0.2) is 5.01 Å². The van der Waals surface area contributed by atoms with Crippen molar-refractivity contribution in [2.75, 3.05) is 20.1 Å². The van der Waals surface area contributed by atoms with E-state index in [0.29, 0.717) is 6.54 Å². The highest BCUT2D eigenvalue weighted by Gasteiger charge is 2.42. The summed E-state index contributed by atoms with van der Waals surface area (Å²) in [6.07, 6.45) is 10.3. The molecule has 5 rings (SSSR count). The second-order valence-corrected chi connectivity index (χ2v) is 9.94. The third kappa shape index (κ3) is 4.24. The van der Waals surface area contributed by atoms with Crippen LogP contribution in [0.1, 0.15) is 44.1 Å². The van der Waals surface area contributed by atoms with Crippen LogP contribution in [-0.4, -0.2) is 57.6 Å². The van der Waals surface area contributed by atoms with Crippen LogP contribution >= 0.6 is 11.8 Å². The van der Waals surface area contributed by atoms with Crippen molar-refractivity contribution >= 4 is 35.4 Å². The number of nitro groups is 1. The first-order valence-corrected chi connectivity index (χ1v) is 12.4. The number of carbonyl (C=O) groups excluding carboxylic acids is 1.